The summed E-state index contributed by atoms with van der Waals surface area (Å²) >= 11 is 0. The van der Waals surface area contributed by atoms with Gasteiger partial charge in [0.2, 0.25) is 11.8 Å². The van der Waals surface area contributed by atoms with E-state index >= 15 is 0 Å². The second-order valence-electron chi connectivity index (χ2n) is 4.50. The van der Waals surface area contributed by atoms with E-state index in [1.165, 1.54) is 0 Å². The van der Waals surface area contributed by atoms with Gasteiger partial charge in [0.15, 0.2) is 0 Å². The molecule has 2 fully saturated rings. The highest BCUT2D eigenvalue weighted by atomic mass is 16.2. The molecule has 1 unspecified atom stereocenters. The fourth-order valence-electron chi connectivity index (χ4n) is 2.04. The Bertz CT molecular complexity index is 279. The molecular formula is C11H19N3O2. The Morgan fingerprint density at radius 2 is 2.25 bits per heavy atom. The maximum Gasteiger partial charge on any atom is 0.241 e. The van der Waals surface area contributed by atoms with Crippen LogP contribution in [-0.4, -0.2) is 48.4 Å². The predicted octanol–water partition coefficient (Wildman–Crippen LogP) is -0.525. The average Bonchev–Trinajstić information content (AvgIpc) is 3.10. The summed E-state index contributed by atoms with van der Waals surface area (Å²) in [6.07, 6.45) is 3.25. The third kappa shape index (κ3) is 2.52. The van der Waals surface area contributed by atoms with Crippen LogP contribution in [0.5, 0.6) is 0 Å². The third-order valence-electron chi connectivity index (χ3n) is 3.05. The number of piperazine rings is 1. The number of hydrogen-bond acceptors (Lipinski definition) is 3. The molecule has 1 atom stereocenters. The van der Waals surface area contributed by atoms with Crippen molar-refractivity contribution in [1.29, 1.82) is 0 Å². The fourth-order valence-corrected chi connectivity index (χ4v) is 2.04. The van der Waals surface area contributed by atoms with E-state index in [4.69, 9.17) is 0 Å². The molecule has 90 valence electrons. The van der Waals surface area contributed by atoms with Crippen LogP contribution in [0.3, 0.4) is 0 Å². The van der Waals surface area contributed by atoms with Crippen LogP contribution in [0.4, 0.5) is 0 Å². The van der Waals surface area contributed by atoms with Gasteiger partial charge in [0.05, 0.1) is 6.54 Å². The van der Waals surface area contributed by atoms with Crippen LogP contribution in [0.1, 0.15) is 26.2 Å². The van der Waals surface area contributed by atoms with Crippen molar-refractivity contribution in [3.05, 3.63) is 0 Å². The standard InChI is InChI=1S/C11H19N3O2/c1-2-5-14(8-3-4-8)11(16)9-6-13-10(15)7-12-9/h8-9,12H,2-7H2,1H3,(H,13,15). The number of rotatable bonds is 4. The van der Waals surface area contributed by atoms with Crippen molar-refractivity contribution in [3.63, 3.8) is 0 Å². The van der Waals surface area contributed by atoms with Crippen molar-refractivity contribution >= 4 is 11.8 Å². The zero-order valence-electron chi connectivity index (χ0n) is 9.66. The molecule has 1 aliphatic heterocycles. The van der Waals surface area contributed by atoms with Crippen molar-refractivity contribution < 1.29 is 9.59 Å². The Kier molecular flexibility index (Phi) is 3.43. The van der Waals surface area contributed by atoms with Crippen LogP contribution >= 0.6 is 0 Å². The quantitative estimate of drug-likeness (QED) is 0.676. The van der Waals surface area contributed by atoms with E-state index in [0.717, 1.165) is 25.8 Å². The first-order chi connectivity index (χ1) is 7.72. The van der Waals surface area contributed by atoms with Crippen molar-refractivity contribution in [1.82, 2.24) is 15.5 Å². The number of carbonyl (C=O) groups excluding carboxylic acids is 2. The summed E-state index contributed by atoms with van der Waals surface area (Å²) in [4.78, 5) is 25.1. The van der Waals surface area contributed by atoms with Gasteiger partial charge in [0, 0.05) is 19.1 Å². The van der Waals surface area contributed by atoms with Gasteiger partial charge in [-0.05, 0) is 19.3 Å². The molecule has 2 amide bonds. The van der Waals surface area contributed by atoms with Gasteiger partial charge in [-0.1, -0.05) is 6.92 Å². The van der Waals surface area contributed by atoms with E-state index in [2.05, 4.69) is 17.6 Å². The number of hydrogen-bond donors (Lipinski definition) is 2. The lowest BCUT2D eigenvalue weighted by Gasteiger charge is -2.30. The minimum absolute atomic E-state index is 0.0301. The Morgan fingerprint density at radius 1 is 1.50 bits per heavy atom. The normalized spacial score (nSPS) is 25.1. The van der Waals surface area contributed by atoms with E-state index in [0.29, 0.717) is 12.6 Å². The van der Waals surface area contributed by atoms with E-state index in [-0.39, 0.29) is 24.4 Å². The molecule has 0 bridgehead atoms. The summed E-state index contributed by atoms with van der Waals surface area (Å²) in [6, 6.07) is 0.219. The first-order valence-corrected chi connectivity index (χ1v) is 6.03. The number of nitrogens with one attached hydrogen (secondary N) is 2. The molecule has 1 aliphatic carbocycles. The minimum atomic E-state index is -0.232. The molecule has 0 spiro atoms. The van der Waals surface area contributed by atoms with Gasteiger partial charge in [-0.25, -0.2) is 0 Å². The molecule has 0 radical (unpaired) electrons. The highest BCUT2D eigenvalue weighted by molar-refractivity contribution is 5.87. The Hall–Kier alpha value is -1.10. The zero-order chi connectivity index (χ0) is 11.5. The van der Waals surface area contributed by atoms with E-state index in [1.807, 2.05) is 4.90 Å². The van der Waals surface area contributed by atoms with Gasteiger partial charge in [0.1, 0.15) is 6.04 Å². The molecular weight excluding hydrogens is 206 g/mol. The SMILES string of the molecule is CCCN(C(=O)C1CNC(=O)CN1)C1CC1. The lowest BCUT2D eigenvalue weighted by atomic mass is 10.2. The Balaban J connectivity index is 1.91. The minimum Gasteiger partial charge on any atom is -0.353 e. The summed E-state index contributed by atoms with van der Waals surface area (Å²) in [5.41, 5.74) is 0. The predicted molar refractivity (Wildman–Crippen MR) is 59.8 cm³/mol. The van der Waals surface area contributed by atoms with Crippen LogP contribution in [0.25, 0.3) is 0 Å². The molecule has 1 saturated carbocycles. The van der Waals surface area contributed by atoms with E-state index < -0.39 is 0 Å². The van der Waals surface area contributed by atoms with Crippen molar-refractivity contribution in [3.8, 4) is 0 Å². The summed E-state index contributed by atoms with van der Waals surface area (Å²) in [6.45, 7) is 3.58. The molecule has 5 nitrogen and oxygen atoms in total. The molecule has 0 aromatic heterocycles. The van der Waals surface area contributed by atoms with Crippen LogP contribution in [0.2, 0.25) is 0 Å². The van der Waals surface area contributed by atoms with Crippen LogP contribution in [0.15, 0.2) is 0 Å². The van der Waals surface area contributed by atoms with Crippen molar-refractivity contribution in [2.75, 3.05) is 19.6 Å². The number of amides is 2. The van der Waals surface area contributed by atoms with Crippen LogP contribution < -0.4 is 10.6 Å². The summed E-state index contributed by atoms with van der Waals surface area (Å²) in [5.74, 6) is 0.113. The number of nitrogens with zero attached hydrogens (tertiary/aromatic N) is 1. The maximum absolute atomic E-state index is 12.2. The summed E-state index contributed by atoms with van der Waals surface area (Å²) in [7, 11) is 0. The van der Waals surface area contributed by atoms with Gasteiger partial charge in [0.25, 0.3) is 0 Å². The Labute approximate surface area is 95.6 Å². The van der Waals surface area contributed by atoms with E-state index in [1.54, 1.807) is 0 Å². The van der Waals surface area contributed by atoms with Crippen molar-refractivity contribution in [2.24, 2.45) is 0 Å². The first-order valence-electron chi connectivity index (χ1n) is 6.03. The van der Waals surface area contributed by atoms with Crippen LogP contribution in [0, 0.1) is 0 Å². The average molecular weight is 225 g/mol. The lowest BCUT2D eigenvalue weighted by molar-refractivity contribution is -0.135. The van der Waals surface area contributed by atoms with Gasteiger partial charge < -0.3 is 10.2 Å². The van der Waals surface area contributed by atoms with Crippen LogP contribution in [-0.2, 0) is 9.59 Å². The summed E-state index contributed by atoms with van der Waals surface area (Å²) < 4.78 is 0. The summed E-state index contributed by atoms with van der Waals surface area (Å²) in [5, 5.41) is 5.71. The molecule has 1 heterocycles. The topological polar surface area (TPSA) is 61.4 Å². The number of carbonyl (C=O) groups is 2. The van der Waals surface area contributed by atoms with Gasteiger partial charge in [-0.3, -0.25) is 14.9 Å². The molecule has 2 N–H and O–H groups in total. The zero-order valence-corrected chi connectivity index (χ0v) is 9.66. The highest BCUT2D eigenvalue weighted by Crippen LogP contribution is 2.27. The van der Waals surface area contributed by atoms with Gasteiger partial charge in [-0.15, -0.1) is 0 Å². The third-order valence-corrected chi connectivity index (χ3v) is 3.05. The van der Waals surface area contributed by atoms with E-state index in [9.17, 15) is 9.59 Å². The second kappa shape index (κ2) is 4.82. The molecule has 2 rings (SSSR count). The lowest BCUT2D eigenvalue weighted by Crippen LogP contribution is -2.59. The molecule has 0 aromatic carbocycles. The highest BCUT2D eigenvalue weighted by Gasteiger charge is 2.36. The Morgan fingerprint density at radius 3 is 2.75 bits per heavy atom. The second-order valence-corrected chi connectivity index (χ2v) is 4.50. The molecule has 16 heavy (non-hydrogen) atoms. The maximum atomic E-state index is 12.2. The molecule has 1 saturated heterocycles. The molecule has 2 aliphatic rings. The van der Waals surface area contributed by atoms with Crippen molar-refractivity contribution in [2.45, 2.75) is 38.3 Å². The van der Waals surface area contributed by atoms with Gasteiger partial charge in [-0.2, -0.15) is 0 Å². The smallest absolute Gasteiger partial charge is 0.241 e. The fraction of sp³-hybridized carbons (Fsp3) is 0.818. The molecule has 5 heteroatoms. The first kappa shape index (κ1) is 11.4. The largest absolute Gasteiger partial charge is 0.353 e. The monoisotopic (exact) mass is 225 g/mol. The molecule has 0 aromatic rings. The van der Waals surface area contributed by atoms with Gasteiger partial charge >= 0.3 is 0 Å².